The Morgan fingerprint density at radius 1 is 1.23 bits per heavy atom. The monoisotopic (exact) mass is 236 g/mol. The lowest BCUT2D eigenvalue weighted by atomic mass is 10.1. The molecule has 1 nitrogen and oxygen atoms in total. The van der Waals surface area contributed by atoms with Gasteiger partial charge in [0.2, 0.25) is 0 Å². The maximum absolute atomic E-state index is 11.4. The number of rotatable bonds is 2. The second-order valence-electron chi connectivity index (χ2n) is 2.52. The lowest BCUT2D eigenvalue weighted by Gasteiger charge is -2.04. The van der Waals surface area contributed by atoms with Crippen molar-refractivity contribution < 1.29 is 4.79 Å². The van der Waals surface area contributed by atoms with Crippen LogP contribution in [0, 0.1) is 0 Å². The molecule has 1 aromatic rings. The van der Waals surface area contributed by atoms with Gasteiger partial charge in [0.15, 0.2) is 5.78 Å². The predicted octanol–water partition coefficient (Wildman–Crippen LogP) is 4.24. The first kappa shape index (κ1) is 10.8. The van der Waals surface area contributed by atoms with Gasteiger partial charge in [-0.3, -0.25) is 4.79 Å². The van der Waals surface area contributed by atoms with E-state index in [2.05, 4.69) is 0 Å². The minimum Gasteiger partial charge on any atom is -0.294 e. The largest absolute Gasteiger partial charge is 0.294 e. The van der Waals surface area contributed by atoms with Gasteiger partial charge < -0.3 is 0 Å². The fourth-order valence-corrected chi connectivity index (χ4v) is 2.01. The van der Waals surface area contributed by atoms with E-state index < -0.39 is 0 Å². The fraction of sp³-hybridized carbons (Fsp3) is 0.222. The van der Waals surface area contributed by atoms with E-state index in [1.807, 2.05) is 0 Å². The van der Waals surface area contributed by atoms with Crippen molar-refractivity contribution in [2.45, 2.75) is 13.3 Å². The molecule has 0 saturated heterocycles. The molecule has 0 aliphatic rings. The van der Waals surface area contributed by atoms with Crippen molar-refractivity contribution in [3.63, 3.8) is 0 Å². The van der Waals surface area contributed by atoms with Crippen LogP contribution in [0.5, 0.6) is 0 Å². The van der Waals surface area contributed by atoms with Crippen molar-refractivity contribution in [1.29, 1.82) is 0 Å². The standard InChI is InChI=1S/C9H7Cl3O/c1-2-8(13)9-6(11)3-5(10)4-7(9)12/h3-4H,2H2,1H3. The zero-order valence-corrected chi connectivity index (χ0v) is 9.17. The number of hydrogen-bond donors (Lipinski definition) is 0. The van der Waals surface area contributed by atoms with Crippen LogP contribution in [-0.4, -0.2) is 5.78 Å². The highest BCUT2D eigenvalue weighted by molar-refractivity contribution is 6.42. The molecule has 0 N–H and O–H groups in total. The summed E-state index contributed by atoms with van der Waals surface area (Å²) in [5, 5.41) is 1.05. The third-order valence-corrected chi connectivity index (χ3v) is 2.42. The molecule has 0 saturated carbocycles. The van der Waals surface area contributed by atoms with Crippen LogP contribution in [0.15, 0.2) is 12.1 Å². The Kier molecular flexibility index (Phi) is 3.60. The second kappa shape index (κ2) is 4.32. The van der Waals surface area contributed by atoms with Crippen molar-refractivity contribution in [2.75, 3.05) is 0 Å². The normalized spacial score (nSPS) is 10.2. The maximum atomic E-state index is 11.4. The van der Waals surface area contributed by atoms with Gasteiger partial charge in [0.1, 0.15) is 0 Å². The lowest BCUT2D eigenvalue weighted by Crippen LogP contribution is -1.98. The molecule has 4 heteroatoms. The SMILES string of the molecule is CCC(=O)c1c(Cl)cc(Cl)cc1Cl. The van der Waals surface area contributed by atoms with E-state index in [0.29, 0.717) is 27.1 Å². The number of carbonyl (C=O) groups is 1. The number of halogens is 3. The van der Waals surface area contributed by atoms with E-state index >= 15 is 0 Å². The molecule has 0 aliphatic carbocycles. The molecule has 0 unspecified atom stereocenters. The Hall–Kier alpha value is -0.240. The topological polar surface area (TPSA) is 17.1 Å². The van der Waals surface area contributed by atoms with Crippen LogP contribution in [0.1, 0.15) is 23.7 Å². The van der Waals surface area contributed by atoms with Crippen molar-refractivity contribution in [2.24, 2.45) is 0 Å². The molecule has 0 radical (unpaired) electrons. The van der Waals surface area contributed by atoms with E-state index in [-0.39, 0.29) is 5.78 Å². The van der Waals surface area contributed by atoms with Crippen LogP contribution < -0.4 is 0 Å². The van der Waals surface area contributed by atoms with E-state index in [0.717, 1.165) is 0 Å². The summed E-state index contributed by atoms with van der Waals surface area (Å²) in [5.41, 5.74) is 0.357. The van der Waals surface area contributed by atoms with E-state index in [9.17, 15) is 4.79 Å². The van der Waals surface area contributed by atoms with Crippen LogP contribution >= 0.6 is 34.8 Å². The maximum Gasteiger partial charge on any atom is 0.165 e. The number of carbonyl (C=O) groups excluding carboxylic acids is 1. The van der Waals surface area contributed by atoms with Crippen LogP contribution in [-0.2, 0) is 0 Å². The Labute approximate surface area is 91.6 Å². The average Bonchev–Trinajstić information content (AvgIpc) is 2.02. The summed E-state index contributed by atoms with van der Waals surface area (Å²) in [4.78, 5) is 11.4. The van der Waals surface area contributed by atoms with Crippen LogP contribution in [0.4, 0.5) is 0 Å². The summed E-state index contributed by atoms with van der Waals surface area (Å²) < 4.78 is 0. The highest BCUT2D eigenvalue weighted by Gasteiger charge is 2.13. The van der Waals surface area contributed by atoms with Crippen molar-refractivity contribution in [3.8, 4) is 0 Å². The Bertz CT molecular complexity index is 324. The smallest absolute Gasteiger partial charge is 0.165 e. The van der Waals surface area contributed by atoms with Gasteiger partial charge >= 0.3 is 0 Å². The van der Waals surface area contributed by atoms with Gasteiger partial charge in [-0.25, -0.2) is 0 Å². The lowest BCUT2D eigenvalue weighted by molar-refractivity contribution is 0.0988. The van der Waals surface area contributed by atoms with Gasteiger partial charge in [0, 0.05) is 11.4 Å². The van der Waals surface area contributed by atoms with Gasteiger partial charge in [0.25, 0.3) is 0 Å². The second-order valence-corrected chi connectivity index (χ2v) is 3.77. The van der Waals surface area contributed by atoms with Gasteiger partial charge in [-0.2, -0.15) is 0 Å². The number of benzene rings is 1. The first-order chi connectivity index (χ1) is 6.06. The Morgan fingerprint density at radius 2 is 1.69 bits per heavy atom. The predicted molar refractivity (Wildman–Crippen MR) is 56.1 cm³/mol. The molecule has 70 valence electrons. The van der Waals surface area contributed by atoms with E-state index in [4.69, 9.17) is 34.8 Å². The molecule has 0 aliphatic heterocycles. The molecule has 0 fully saturated rings. The molecule has 0 spiro atoms. The number of Topliss-reactive ketones (excluding diaryl/α,β-unsaturated/α-hetero) is 1. The molecule has 0 atom stereocenters. The fourth-order valence-electron chi connectivity index (χ4n) is 0.985. The minimum absolute atomic E-state index is 0.0772. The zero-order valence-electron chi connectivity index (χ0n) is 6.90. The zero-order chi connectivity index (χ0) is 10.0. The summed E-state index contributed by atoms with van der Waals surface area (Å²) in [6.07, 6.45) is 0.376. The Morgan fingerprint density at radius 3 is 2.08 bits per heavy atom. The van der Waals surface area contributed by atoms with E-state index in [1.54, 1.807) is 6.92 Å². The third-order valence-electron chi connectivity index (χ3n) is 1.61. The Balaban J connectivity index is 3.28. The number of hydrogen-bond acceptors (Lipinski definition) is 1. The van der Waals surface area contributed by atoms with Crippen LogP contribution in [0.2, 0.25) is 15.1 Å². The highest BCUT2D eigenvalue weighted by Crippen LogP contribution is 2.29. The summed E-state index contributed by atoms with van der Waals surface area (Å²) in [7, 11) is 0. The molecule has 0 heterocycles. The minimum atomic E-state index is -0.0772. The van der Waals surface area contributed by atoms with Gasteiger partial charge in [-0.1, -0.05) is 41.7 Å². The van der Waals surface area contributed by atoms with Crippen molar-refractivity contribution >= 4 is 40.6 Å². The molecule has 0 bridgehead atoms. The summed E-state index contributed by atoms with van der Waals surface area (Å²) in [5.74, 6) is -0.0772. The van der Waals surface area contributed by atoms with Crippen molar-refractivity contribution in [1.82, 2.24) is 0 Å². The molecule has 1 rings (SSSR count). The first-order valence-corrected chi connectivity index (χ1v) is 4.87. The van der Waals surface area contributed by atoms with Gasteiger partial charge in [0.05, 0.1) is 15.6 Å². The van der Waals surface area contributed by atoms with Gasteiger partial charge in [-0.15, -0.1) is 0 Å². The molecule has 0 aromatic heterocycles. The average molecular weight is 238 g/mol. The van der Waals surface area contributed by atoms with Crippen molar-refractivity contribution in [3.05, 3.63) is 32.8 Å². The molecule has 0 amide bonds. The van der Waals surface area contributed by atoms with Crippen LogP contribution in [0.25, 0.3) is 0 Å². The van der Waals surface area contributed by atoms with E-state index in [1.165, 1.54) is 12.1 Å². The quantitative estimate of drug-likeness (QED) is 0.703. The summed E-state index contributed by atoms with van der Waals surface area (Å²) >= 11 is 17.3. The first-order valence-electron chi connectivity index (χ1n) is 3.74. The van der Waals surface area contributed by atoms with Gasteiger partial charge in [-0.05, 0) is 12.1 Å². The third kappa shape index (κ3) is 2.37. The molecule has 13 heavy (non-hydrogen) atoms. The summed E-state index contributed by atoms with van der Waals surface area (Å²) in [6.45, 7) is 1.75. The summed E-state index contributed by atoms with van der Waals surface area (Å²) in [6, 6.07) is 3.02. The molecule has 1 aromatic carbocycles. The number of ketones is 1. The van der Waals surface area contributed by atoms with Crippen LogP contribution in [0.3, 0.4) is 0 Å². The molecular formula is C9H7Cl3O. The molecular weight excluding hydrogens is 230 g/mol. The highest BCUT2D eigenvalue weighted by atomic mass is 35.5.